The first-order valence-corrected chi connectivity index (χ1v) is 15.2. The smallest absolute Gasteiger partial charge is 0.344 e. The minimum atomic E-state index is -3.80. The van der Waals surface area contributed by atoms with Crippen molar-refractivity contribution in [1.82, 2.24) is 9.55 Å². The molecule has 0 amide bonds. The molecule has 2 aliphatic rings. The number of aryl methyl sites for hydroxylation is 1. The number of phenols is 1. The fraction of sp³-hybridized carbons (Fsp3) is 0.300. The molecular formula is C30H29N2O7P. The number of cyclic esters (lactones) is 1. The van der Waals surface area contributed by atoms with Crippen LogP contribution in [-0.2, 0) is 54.9 Å². The molecule has 10 heteroatoms. The van der Waals surface area contributed by atoms with Crippen LogP contribution in [0.4, 0.5) is 0 Å². The van der Waals surface area contributed by atoms with E-state index in [9.17, 15) is 19.3 Å². The molecule has 4 heterocycles. The third-order valence-electron chi connectivity index (χ3n) is 7.74. The van der Waals surface area contributed by atoms with Gasteiger partial charge in [0.15, 0.2) is 5.60 Å². The van der Waals surface area contributed by atoms with Gasteiger partial charge in [-0.15, -0.1) is 0 Å². The van der Waals surface area contributed by atoms with E-state index in [2.05, 4.69) is 0 Å². The molecule has 9 nitrogen and oxygen atoms in total. The topological polar surface area (TPSA) is 117 Å². The van der Waals surface area contributed by atoms with Gasteiger partial charge in [-0.2, -0.15) is 0 Å². The highest BCUT2D eigenvalue weighted by Crippen LogP contribution is 2.54. The number of esters is 1. The van der Waals surface area contributed by atoms with Crippen LogP contribution >= 0.6 is 7.60 Å². The second kappa shape index (κ2) is 9.70. The Hall–Kier alpha value is -3.78. The maximum atomic E-state index is 13.9. The van der Waals surface area contributed by atoms with Gasteiger partial charge in [0.25, 0.3) is 5.56 Å². The summed E-state index contributed by atoms with van der Waals surface area (Å²) < 4.78 is 32.4. The number of hydrogen-bond donors (Lipinski definition) is 1. The van der Waals surface area contributed by atoms with Gasteiger partial charge in [-0.1, -0.05) is 44.2 Å². The van der Waals surface area contributed by atoms with E-state index in [0.29, 0.717) is 35.4 Å². The molecule has 2 unspecified atom stereocenters. The zero-order chi connectivity index (χ0) is 28.2. The lowest BCUT2D eigenvalue weighted by molar-refractivity contribution is -0.169. The summed E-state index contributed by atoms with van der Waals surface area (Å²) in [6.07, 6.45) is 0.750. The summed E-state index contributed by atoms with van der Waals surface area (Å²) in [6.45, 7) is 5.19. The van der Waals surface area contributed by atoms with E-state index >= 15 is 0 Å². The molecule has 2 aromatic heterocycles. The number of fused-ring (bicyclic) bond motifs is 5. The van der Waals surface area contributed by atoms with Gasteiger partial charge < -0.3 is 18.9 Å². The van der Waals surface area contributed by atoms with Crippen molar-refractivity contribution >= 4 is 24.5 Å². The first-order chi connectivity index (χ1) is 19.2. The third-order valence-corrected chi connectivity index (χ3v) is 8.98. The van der Waals surface area contributed by atoms with Crippen molar-refractivity contribution in [3.05, 3.63) is 92.8 Å². The standard InChI is InChI=1S/C30H29N2O7P/c1-4-20-21-13-19(33)11-12-25(21)31-27-22(20)15-32-26(27)14-24-23(28(32)34)17-37-29(35)30(24,5-2)39-40(3,36)38-16-18-9-7-6-8-10-18/h6-14,33H,4-5,15-17H2,1-3H3. The number of hydrogen-bond acceptors (Lipinski definition) is 8. The molecule has 0 fully saturated rings. The molecule has 0 bridgehead atoms. The fourth-order valence-corrected chi connectivity index (χ4v) is 7.07. The lowest BCUT2D eigenvalue weighted by atomic mass is 9.86. The van der Waals surface area contributed by atoms with E-state index < -0.39 is 19.2 Å². The number of aromatic hydroxyl groups is 1. The van der Waals surface area contributed by atoms with Crippen LogP contribution in [0.5, 0.6) is 5.75 Å². The van der Waals surface area contributed by atoms with Gasteiger partial charge >= 0.3 is 13.6 Å². The summed E-state index contributed by atoms with van der Waals surface area (Å²) in [5, 5.41) is 10.9. The van der Waals surface area contributed by atoms with Gasteiger partial charge in [-0.05, 0) is 48.2 Å². The molecule has 206 valence electrons. The van der Waals surface area contributed by atoms with Crippen LogP contribution in [-0.4, -0.2) is 27.3 Å². The average Bonchev–Trinajstić information content (AvgIpc) is 3.31. The van der Waals surface area contributed by atoms with Gasteiger partial charge in [-0.25, -0.2) is 9.78 Å². The van der Waals surface area contributed by atoms with Gasteiger partial charge in [0.05, 0.1) is 35.6 Å². The lowest BCUT2D eigenvalue weighted by Gasteiger charge is -2.37. The van der Waals surface area contributed by atoms with E-state index in [1.165, 1.54) is 6.66 Å². The number of nitrogens with zero attached hydrogens (tertiary/aromatic N) is 2. The summed E-state index contributed by atoms with van der Waals surface area (Å²) >= 11 is 0. The number of carbonyl (C=O) groups is 1. The Morgan fingerprint density at radius 2 is 1.88 bits per heavy atom. The van der Waals surface area contributed by atoms with E-state index in [-0.39, 0.29) is 36.5 Å². The summed E-state index contributed by atoms with van der Waals surface area (Å²) in [6, 6.07) is 16.0. The molecule has 0 spiro atoms. The first-order valence-electron chi connectivity index (χ1n) is 13.2. The van der Waals surface area contributed by atoms with Crippen LogP contribution in [0.2, 0.25) is 0 Å². The Balaban J connectivity index is 1.47. The van der Waals surface area contributed by atoms with Crippen LogP contribution in [0.1, 0.15) is 48.1 Å². The number of carbonyl (C=O) groups excluding carboxylic acids is 1. The normalized spacial score (nSPS) is 19.0. The van der Waals surface area contributed by atoms with Gasteiger partial charge in [0, 0.05) is 23.2 Å². The van der Waals surface area contributed by atoms with Crippen molar-refractivity contribution in [2.24, 2.45) is 0 Å². The highest BCUT2D eigenvalue weighted by Gasteiger charge is 2.51. The Bertz CT molecular complexity index is 1780. The molecule has 2 atom stereocenters. The number of benzene rings is 2. The largest absolute Gasteiger partial charge is 0.508 e. The van der Waals surface area contributed by atoms with Crippen molar-refractivity contribution < 1.29 is 28.3 Å². The van der Waals surface area contributed by atoms with Crippen LogP contribution in [0.15, 0.2) is 59.4 Å². The molecule has 6 rings (SSSR count). The van der Waals surface area contributed by atoms with Crippen molar-refractivity contribution in [3.8, 4) is 17.1 Å². The second-order valence-electron chi connectivity index (χ2n) is 10.2. The molecule has 2 aromatic carbocycles. The quantitative estimate of drug-likeness (QED) is 0.207. The lowest BCUT2D eigenvalue weighted by Crippen LogP contribution is -2.46. The van der Waals surface area contributed by atoms with Crippen LogP contribution < -0.4 is 5.56 Å². The molecular weight excluding hydrogens is 531 g/mol. The van der Waals surface area contributed by atoms with E-state index in [4.69, 9.17) is 18.8 Å². The third kappa shape index (κ3) is 4.17. The monoisotopic (exact) mass is 560 g/mol. The molecule has 4 aromatic rings. The van der Waals surface area contributed by atoms with Gasteiger partial charge in [0.2, 0.25) is 0 Å². The molecule has 1 N–H and O–H groups in total. The SMILES string of the molecule is CCc1c2c(nc3ccc(O)cc13)-c1cc3c(c(=O)n1C2)COC(=O)C3(CC)OP(C)(=O)OCc1ccccc1. The number of ether oxygens (including phenoxy) is 1. The Morgan fingerprint density at radius 1 is 1.10 bits per heavy atom. The Kier molecular flexibility index (Phi) is 6.41. The summed E-state index contributed by atoms with van der Waals surface area (Å²) in [4.78, 5) is 32.1. The van der Waals surface area contributed by atoms with Crippen molar-refractivity contribution in [2.45, 2.75) is 52.0 Å². The zero-order valence-electron chi connectivity index (χ0n) is 22.5. The number of rotatable bonds is 7. The Morgan fingerprint density at radius 3 is 2.60 bits per heavy atom. The molecule has 0 saturated carbocycles. The second-order valence-corrected chi connectivity index (χ2v) is 12.1. The van der Waals surface area contributed by atoms with E-state index in [1.54, 1.807) is 35.8 Å². The highest BCUT2D eigenvalue weighted by molar-refractivity contribution is 7.53. The van der Waals surface area contributed by atoms with Crippen LogP contribution in [0, 0.1) is 0 Å². The highest BCUT2D eigenvalue weighted by atomic mass is 31.2. The van der Waals surface area contributed by atoms with Crippen molar-refractivity contribution in [2.75, 3.05) is 6.66 Å². The maximum absolute atomic E-state index is 13.9. The molecule has 0 radical (unpaired) electrons. The Labute approximate surface area is 230 Å². The minimum Gasteiger partial charge on any atom is -0.508 e. The van der Waals surface area contributed by atoms with Crippen molar-refractivity contribution in [3.63, 3.8) is 0 Å². The average molecular weight is 561 g/mol. The minimum absolute atomic E-state index is 0.0306. The summed E-state index contributed by atoms with van der Waals surface area (Å²) in [7, 11) is -3.80. The summed E-state index contributed by atoms with van der Waals surface area (Å²) in [5.74, 6) is -0.572. The molecule has 2 aliphatic heterocycles. The molecule has 0 aliphatic carbocycles. The first kappa shape index (κ1) is 26.4. The molecule has 40 heavy (non-hydrogen) atoms. The number of pyridine rings is 2. The predicted molar refractivity (Wildman–Crippen MR) is 149 cm³/mol. The predicted octanol–water partition coefficient (Wildman–Crippen LogP) is 5.41. The van der Waals surface area contributed by atoms with Gasteiger partial charge in [-0.3, -0.25) is 13.9 Å². The summed E-state index contributed by atoms with van der Waals surface area (Å²) in [5.41, 5.74) is 3.07. The number of aromatic nitrogens is 2. The van der Waals surface area contributed by atoms with E-state index in [0.717, 1.165) is 22.1 Å². The van der Waals surface area contributed by atoms with Crippen LogP contribution in [0.25, 0.3) is 22.3 Å². The fourth-order valence-electron chi connectivity index (χ4n) is 5.77. The maximum Gasteiger partial charge on any atom is 0.344 e. The molecule has 0 saturated heterocycles. The van der Waals surface area contributed by atoms with Crippen LogP contribution in [0.3, 0.4) is 0 Å². The number of phenolic OH excluding ortho intramolecular Hbond substituents is 1. The van der Waals surface area contributed by atoms with Crippen molar-refractivity contribution in [1.29, 1.82) is 0 Å². The van der Waals surface area contributed by atoms with Gasteiger partial charge in [0.1, 0.15) is 12.4 Å². The zero-order valence-corrected chi connectivity index (χ0v) is 23.4. The van der Waals surface area contributed by atoms with E-state index in [1.807, 2.05) is 37.3 Å².